The molecule has 0 amide bonds. The van der Waals surface area contributed by atoms with Gasteiger partial charge < -0.3 is 15.8 Å². The van der Waals surface area contributed by atoms with Crippen LogP contribution in [-0.2, 0) is 0 Å². The highest BCUT2D eigenvalue weighted by molar-refractivity contribution is 6.00. The molecule has 0 heterocycles. The Hall–Kier alpha value is -2.49. The first-order valence-corrected chi connectivity index (χ1v) is 6.50. The van der Waals surface area contributed by atoms with Crippen molar-refractivity contribution in [1.29, 1.82) is 0 Å². The van der Waals surface area contributed by atoms with E-state index in [2.05, 4.69) is 5.32 Å². The Balaban J connectivity index is 2.23. The predicted octanol–water partition coefficient (Wildman–Crippen LogP) is 3.61. The summed E-state index contributed by atoms with van der Waals surface area (Å²) in [7, 11) is 0. The third kappa shape index (κ3) is 3.29. The van der Waals surface area contributed by atoms with Crippen LogP contribution in [0, 0.1) is 0 Å². The molecular formula is C16H18N2O2. The number of benzene rings is 2. The second-order valence-electron chi connectivity index (χ2n) is 4.44. The number of ether oxygens (including phenoxy) is 1. The highest BCUT2D eigenvalue weighted by Crippen LogP contribution is 2.24. The van der Waals surface area contributed by atoms with E-state index in [1.165, 1.54) is 6.92 Å². The van der Waals surface area contributed by atoms with Crippen molar-refractivity contribution in [3.63, 3.8) is 0 Å². The van der Waals surface area contributed by atoms with Crippen molar-refractivity contribution in [3.05, 3.63) is 48.0 Å². The van der Waals surface area contributed by atoms with E-state index in [0.29, 0.717) is 17.9 Å². The Kier molecular flexibility index (Phi) is 4.25. The molecule has 0 aliphatic heterocycles. The first kappa shape index (κ1) is 13.9. The van der Waals surface area contributed by atoms with E-state index in [9.17, 15) is 4.79 Å². The molecule has 0 saturated heterocycles. The summed E-state index contributed by atoms with van der Waals surface area (Å²) in [6, 6.07) is 13.0. The number of ketones is 1. The van der Waals surface area contributed by atoms with E-state index in [-0.39, 0.29) is 5.78 Å². The highest BCUT2D eigenvalue weighted by Gasteiger charge is 2.06. The summed E-state index contributed by atoms with van der Waals surface area (Å²) in [6.45, 7) is 4.07. The maximum absolute atomic E-state index is 11.5. The zero-order valence-corrected chi connectivity index (χ0v) is 11.6. The van der Waals surface area contributed by atoms with Crippen molar-refractivity contribution in [2.75, 3.05) is 17.7 Å². The first-order chi connectivity index (χ1) is 9.60. The van der Waals surface area contributed by atoms with Gasteiger partial charge in [0.25, 0.3) is 0 Å². The van der Waals surface area contributed by atoms with Gasteiger partial charge in [-0.3, -0.25) is 4.79 Å². The van der Waals surface area contributed by atoms with Crippen LogP contribution in [0.15, 0.2) is 42.5 Å². The van der Waals surface area contributed by atoms with E-state index in [0.717, 1.165) is 17.1 Å². The van der Waals surface area contributed by atoms with Gasteiger partial charge in [0.05, 0.1) is 6.61 Å². The molecular weight excluding hydrogens is 252 g/mol. The van der Waals surface area contributed by atoms with Gasteiger partial charge in [-0.15, -0.1) is 0 Å². The Morgan fingerprint density at radius 2 is 1.95 bits per heavy atom. The van der Waals surface area contributed by atoms with Crippen LogP contribution in [0.3, 0.4) is 0 Å². The second kappa shape index (κ2) is 6.10. The van der Waals surface area contributed by atoms with E-state index in [4.69, 9.17) is 10.5 Å². The van der Waals surface area contributed by atoms with E-state index in [1.807, 2.05) is 37.3 Å². The van der Waals surface area contributed by atoms with Gasteiger partial charge in [-0.2, -0.15) is 0 Å². The molecule has 4 heteroatoms. The van der Waals surface area contributed by atoms with Crippen molar-refractivity contribution >= 4 is 22.8 Å². The number of nitrogen functional groups attached to an aromatic ring is 1. The van der Waals surface area contributed by atoms with Gasteiger partial charge in [0.15, 0.2) is 5.78 Å². The first-order valence-electron chi connectivity index (χ1n) is 6.50. The van der Waals surface area contributed by atoms with E-state index < -0.39 is 0 Å². The lowest BCUT2D eigenvalue weighted by molar-refractivity contribution is 0.101. The number of hydrogen-bond acceptors (Lipinski definition) is 4. The minimum absolute atomic E-state index is 0.0470. The molecule has 0 fully saturated rings. The Morgan fingerprint density at radius 1 is 1.20 bits per heavy atom. The lowest BCUT2D eigenvalue weighted by Crippen LogP contribution is -2.01. The van der Waals surface area contributed by atoms with Crippen LogP contribution in [0.1, 0.15) is 24.2 Å². The number of rotatable bonds is 5. The molecule has 0 aliphatic carbocycles. The van der Waals surface area contributed by atoms with Crippen LogP contribution < -0.4 is 15.8 Å². The van der Waals surface area contributed by atoms with Crippen molar-refractivity contribution in [2.24, 2.45) is 0 Å². The third-order valence-corrected chi connectivity index (χ3v) is 2.87. The van der Waals surface area contributed by atoms with Crippen LogP contribution in [0.2, 0.25) is 0 Å². The summed E-state index contributed by atoms with van der Waals surface area (Å²) in [5.41, 5.74) is 8.51. The Bertz CT molecular complexity index is 624. The fraction of sp³-hybridized carbons (Fsp3) is 0.188. The molecule has 3 N–H and O–H groups in total. The molecule has 2 aromatic carbocycles. The summed E-state index contributed by atoms with van der Waals surface area (Å²) >= 11 is 0. The maximum Gasteiger partial charge on any atom is 0.161 e. The molecule has 2 rings (SSSR count). The van der Waals surface area contributed by atoms with Gasteiger partial charge in [0.1, 0.15) is 5.75 Å². The number of anilines is 3. The second-order valence-corrected chi connectivity index (χ2v) is 4.44. The average Bonchev–Trinajstić information content (AvgIpc) is 2.41. The zero-order chi connectivity index (χ0) is 14.5. The van der Waals surface area contributed by atoms with Crippen molar-refractivity contribution in [3.8, 4) is 5.75 Å². The number of Topliss-reactive ketones (excluding diaryl/α,β-unsaturated/α-hetero) is 1. The summed E-state index contributed by atoms with van der Waals surface area (Å²) in [6.07, 6.45) is 0. The quantitative estimate of drug-likeness (QED) is 0.643. The molecule has 0 saturated carbocycles. The monoisotopic (exact) mass is 270 g/mol. The number of hydrogen-bond donors (Lipinski definition) is 2. The number of nitrogens with one attached hydrogen (secondary N) is 1. The lowest BCUT2D eigenvalue weighted by atomic mass is 10.1. The molecule has 0 aliphatic rings. The fourth-order valence-corrected chi connectivity index (χ4v) is 1.94. The molecule has 0 aromatic heterocycles. The molecule has 4 nitrogen and oxygen atoms in total. The summed E-state index contributed by atoms with van der Waals surface area (Å²) in [5.74, 6) is 0.758. The van der Waals surface area contributed by atoms with Crippen LogP contribution >= 0.6 is 0 Å². The van der Waals surface area contributed by atoms with Crippen molar-refractivity contribution < 1.29 is 9.53 Å². The molecule has 0 spiro atoms. The zero-order valence-electron chi connectivity index (χ0n) is 11.6. The predicted molar refractivity (Wildman–Crippen MR) is 81.8 cm³/mol. The summed E-state index contributed by atoms with van der Waals surface area (Å²) in [5, 5.41) is 3.24. The Labute approximate surface area is 118 Å². The molecule has 0 atom stereocenters. The summed E-state index contributed by atoms with van der Waals surface area (Å²) < 4.78 is 5.45. The molecule has 0 unspecified atom stereocenters. The van der Waals surface area contributed by atoms with Crippen molar-refractivity contribution in [2.45, 2.75) is 13.8 Å². The maximum atomic E-state index is 11.5. The van der Waals surface area contributed by atoms with Gasteiger partial charge in [0.2, 0.25) is 0 Å². The van der Waals surface area contributed by atoms with Crippen LogP contribution in [0.25, 0.3) is 0 Å². The van der Waals surface area contributed by atoms with E-state index in [1.54, 1.807) is 12.1 Å². The standard InChI is InChI=1S/C16H18N2O2/c1-3-20-14-6-4-5-12(9-14)18-13-7-8-16(17)15(10-13)11(2)19/h4-10,18H,3,17H2,1-2H3. The minimum atomic E-state index is -0.0470. The SMILES string of the molecule is CCOc1cccc(Nc2ccc(N)c(C(C)=O)c2)c1. The third-order valence-electron chi connectivity index (χ3n) is 2.87. The van der Waals surface area contributed by atoms with E-state index >= 15 is 0 Å². The molecule has 0 radical (unpaired) electrons. The molecule has 104 valence electrons. The van der Waals surface area contributed by atoms with Gasteiger partial charge >= 0.3 is 0 Å². The molecule has 20 heavy (non-hydrogen) atoms. The highest BCUT2D eigenvalue weighted by atomic mass is 16.5. The van der Waals surface area contributed by atoms with Gasteiger partial charge in [-0.05, 0) is 44.2 Å². The lowest BCUT2D eigenvalue weighted by Gasteiger charge is -2.10. The Morgan fingerprint density at radius 3 is 2.65 bits per heavy atom. The molecule has 2 aromatic rings. The summed E-state index contributed by atoms with van der Waals surface area (Å²) in [4.78, 5) is 11.5. The fourth-order valence-electron chi connectivity index (χ4n) is 1.94. The largest absolute Gasteiger partial charge is 0.494 e. The number of carbonyl (C=O) groups is 1. The number of nitrogens with two attached hydrogens (primary N) is 1. The van der Waals surface area contributed by atoms with Gasteiger partial charge in [0, 0.05) is 28.7 Å². The molecule has 0 bridgehead atoms. The smallest absolute Gasteiger partial charge is 0.161 e. The normalized spacial score (nSPS) is 10.1. The van der Waals surface area contributed by atoms with Crippen molar-refractivity contribution in [1.82, 2.24) is 0 Å². The minimum Gasteiger partial charge on any atom is -0.494 e. The van der Waals surface area contributed by atoms with Gasteiger partial charge in [-0.1, -0.05) is 6.07 Å². The number of carbonyl (C=O) groups excluding carboxylic acids is 1. The van der Waals surface area contributed by atoms with Crippen LogP contribution in [-0.4, -0.2) is 12.4 Å². The van der Waals surface area contributed by atoms with Gasteiger partial charge in [-0.25, -0.2) is 0 Å². The van der Waals surface area contributed by atoms with Crippen LogP contribution in [0.4, 0.5) is 17.1 Å². The average molecular weight is 270 g/mol. The topological polar surface area (TPSA) is 64.3 Å². The van der Waals surface area contributed by atoms with Crippen LogP contribution in [0.5, 0.6) is 5.75 Å².